The van der Waals surface area contributed by atoms with E-state index in [4.69, 9.17) is 0 Å². The quantitative estimate of drug-likeness (QED) is 0.366. The lowest BCUT2D eigenvalue weighted by Crippen LogP contribution is -1.95. The van der Waals surface area contributed by atoms with E-state index >= 15 is 0 Å². The Morgan fingerprint density at radius 1 is 1.43 bits per heavy atom. The summed E-state index contributed by atoms with van der Waals surface area (Å²) in [6.45, 7) is 1.49. The number of hydrogen-bond acceptors (Lipinski definition) is 5. The van der Waals surface area contributed by atoms with Gasteiger partial charge in [-0.15, -0.1) is 0 Å². The average Bonchev–Trinajstić information content (AvgIpc) is 2.97. The van der Waals surface area contributed by atoms with Crippen LogP contribution in [0.3, 0.4) is 0 Å². The fourth-order valence-electron chi connectivity index (χ4n) is 1.84. The van der Waals surface area contributed by atoms with E-state index in [2.05, 4.69) is 9.98 Å². The number of aromatic nitrogens is 2. The lowest BCUT2D eigenvalue weighted by Gasteiger charge is -2.00. The number of nitro groups is 1. The van der Waals surface area contributed by atoms with Crippen molar-refractivity contribution in [2.24, 2.45) is 4.99 Å². The monoisotopic (exact) mass is 288 g/mol. The molecule has 2 rings (SSSR count). The van der Waals surface area contributed by atoms with Crippen molar-refractivity contribution in [3.05, 3.63) is 52.6 Å². The molecule has 0 saturated carbocycles. The molecule has 21 heavy (non-hydrogen) atoms. The molecule has 0 atom stereocenters. The highest BCUT2D eigenvalue weighted by atomic mass is 16.6. The number of non-ortho nitro benzene ring substituents is 1. The van der Waals surface area contributed by atoms with Crippen LogP contribution in [-0.2, 0) is 6.54 Å². The minimum Gasteiger partial charge on any atom is -0.507 e. The van der Waals surface area contributed by atoms with E-state index in [1.807, 2.05) is 10.8 Å². The highest BCUT2D eigenvalue weighted by molar-refractivity contribution is 5.84. The SMILES string of the molecule is O=[N+]([O-])c1ccc(O)c(C=NCCCCn2ccnc2)c1. The molecule has 2 aromatic rings. The van der Waals surface area contributed by atoms with Crippen LogP contribution in [0, 0.1) is 10.1 Å². The predicted molar refractivity (Wildman–Crippen MR) is 78.7 cm³/mol. The minimum absolute atomic E-state index is 0.0113. The molecule has 0 aliphatic heterocycles. The molecule has 0 amide bonds. The molecule has 7 nitrogen and oxygen atoms in total. The first-order valence-corrected chi connectivity index (χ1v) is 6.60. The Labute approximate surface area is 121 Å². The van der Waals surface area contributed by atoms with Crippen molar-refractivity contribution >= 4 is 11.9 Å². The summed E-state index contributed by atoms with van der Waals surface area (Å²) in [5.74, 6) is -0.0113. The first kappa shape index (κ1) is 14.7. The third-order valence-corrected chi connectivity index (χ3v) is 2.97. The molecule has 0 unspecified atom stereocenters. The largest absolute Gasteiger partial charge is 0.507 e. The van der Waals surface area contributed by atoms with Crippen molar-refractivity contribution in [1.82, 2.24) is 9.55 Å². The molecule has 1 aromatic heterocycles. The molecule has 0 aliphatic carbocycles. The normalized spacial score (nSPS) is 11.0. The molecule has 1 heterocycles. The third-order valence-electron chi connectivity index (χ3n) is 2.97. The first-order chi connectivity index (χ1) is 10.2. The van der Waals surface area contributed by atoms with Gasteiger partial charge in [0.2, 0.25) is 0 Å². The zero-order valence-corrected chi connectivity index (χ0v) is 11.4. The van der Waals surface area contributed by atoms with Crippen molar-refractivity contribution in [3.63, 3.8) is 0 Å². The van der Waals surface area contributed by atoms with E-state index in [1.54, 1.807) is 12.5 Å². The maximum Gasteiger partial charge on any atom is 0.270 e. The number of aromatic hydroxyl groups is 1. The van der Waals surface area contributed by atoms with Crippen molar-refractivity contribution in [3.8, 4) is 5.75 Å². The summed E-state index contributed by atoms with van der Waals surface area (Å²) in [6, 6.07) is 3.88. The second-order valence-corrected chi connectivity index (χ2v) is 4.54. The van der Waals surface area contributed by atoms with Crippen LogP contribution in [0.4, 0.5) is 5.69 Å². The highest BCUT2D eigenvalue weighted by Gasteiger charge is 2.08. The van der Waals surface area contributed by atoms with Gasteiger partial charge in [-0.3, -0.25) is 15.1 Å². The maximum atomic E-state index is 10.7. The van der Waals surface area contributed by atoms with E-state index in [-0.39, 0.29) is 11.4 Å². The molecule has 0 aliphatic rings. The first-order valence-electron chi connectivity index (χ1n) is 6.60. The zero-order valence-electron chi connectivity index (χ0n) is 11.4. The van der Waals surface area contributed by atoms with Gasteiger partial charge in [0.1, 0.15) is 5.75 Å². The van der Waals surface area contributed by atoms with Gasteiger partial charge >= 0.3 is 0 Å². The van der Waals surface area contributed by atoms with Crippen molar-refractivity contribution in [1.29, 1.82) is 0 Å². The van der Waals surface area contributed by atoms with E-state index in [0.717, 1.165) is 19.4 Å². The summed E-state index contributed by atoms with van der Waals surface area (Å²) >= 11 is 0. The van der Waals surface area contributed by atoms with Gasteiger partial charge in [-0.2, -0.15) is 0 Å². The number of unbranched alkanes of at least 4 members (excludes halogenated alkanes) is 1. The van der Waals surface area contributed by atoms with E-state index in [0.29, 0.717) is 12.1 Å². The number of phenolic OH excluding ortho intramolecular Hbond substituents is 1. The average molecular weight is 288 g/mol. The molecule has 0 radical (unpaired) electrons. The Morgan fingerprint density at radius 2 is 2.29 bits per heavy atom. The van der Waals surface area contributed by atoms with Crippen LogP contribution in [0.2, 0.25) is 0 Å². The fraction of sp³-hybridized carbons (Fsp3) is 0.286. The second-order valence-electron chi connectivity index (χ2n) is 4.54. The lowest BCUT2D eigenvalue weighted by molar-refractivity contribution is -0.384. The van der Waals surface area contributed by atoms with Gasteiger partial charge in [0.25, 0.3) is 5.69 Å². The topological polar surface area (TPSA) is 93.5 Å². The van der Waals surface area contributed by atoms with Crippen LogP contribution >= 0.6 is 0 Å². The molecule has 0 fully saturated rings. The van der Waals surface area contributed by atoms with Crippen LogP contribution in [0.1, 0.15) is 18.4 Å². The summed E-state index contributed by atoms with van der Waals surface area (Å²) in [5.41, 5.74) is 0.299. The Morgan fingerprint density at radius 3 is 3.00 bits per heavy atom. The maximum absolute atomic E-state index is 10.7. The Kier molecular flexibility index (Phi) is 5.03. The Hall–Kier alpha value is -2.70. The second kappa shape index (κ2) is 7.18. The standard InChI is InChI=1S/C14H16N4O3/c19-14-4-3-13(18(20)21)9-12(14)10-15-5-1-2-7-17-8-6-16-11-17/h3-4,6,8-11,19H,1-2,5,7H2. The zero-order chi connectivity index (χ0) is 15.1. The number of nitro benzene ring substituents is 1. The van der Waals surface area contributed by atoms with Crippen LogP contribution in [0.15, 0.2) is 41.9 Å². The fourth-order valence-corrected chi connectivity index (χ4v) is 1.84. The van der Waals surface area contributed by atoms with Gasteiger partial charge in [0.05, 0.1) is 11.3 Å². The van der Waals surface area contributed by atoms with E-state index in [9.17, 15) is 15.2 Å². The summed E-state index contributed by atoms with van der Waals surface area (Å²) in [4.78, 5) is 18.3. The number of imidazole rings is 1. The third kappa shape index (κ3) is 4.41. The van der Waals surface area contributed by atoms with Gasteiger partial charge < -0.3 is 9.67 Å². The summed E-state index contributed by atoms with van der Waals surface area (Å²) < 4.78 is 2.00. The molecular weight excluding hydrogens is 272 g/mol. The van der Waals surface area contributed by atoms with Crippen molar-refractivity contribution < 1.29 is 10.0 Å². The summed E-state index contributed by atoms with van der Waals surface area (Å²) in [6.07, 6.45) is 8.75. The van der Waals surface area contributed by atoms with Gasteiger partial charge in [0, 0.05) is 49.4 Å². The molecular formula is C14H16N4O3. The number of benzene rings is 1. The number of aliphatic imine (C=N–C) groups is 1. The Bertz CT molecular complexity index is 623. The number of aryl methyl sites for hydroxylation is 1. The molecule has 0 saturated heterocycles. The number of nitrogens with zero attached hydrogens (tertiary/aromatic N) is 4. The number of rotatable bonds is 7. The lowest BCUT2D eigenvalue weighted by atomic mass is 10.2. The molecule has 0 bridgehead atoms. The predicted octanol–water partition coefficient (Wildman–Crippen LogP) is 2.40. The summed E-state index contributed by atoms with van der Waals surface area (Å²) in [5, 5.41) is 20.3. The summed E-state index contributed by atoms with van der Waals surface area (Å²) in [7, 11) is 0. The van der Waals surface area contributed by atoms with Gasteiger partial charge in [-0.05, 0) is 18.9 Å². The smallest absolute Gasteiger partial charge is 0.270 e. The van der Waals surface area contributed by atoms with Gasteiger partial charge in [-0.25, -0.2) is 4.98 Å². The molecule has 7 heteroatoms. The van der Waals surface area contributed by atoms with Crippen LogP contribution < -0.4 is 0 Å². The molecule has 0 spiro atoms. The van der Waals surface area contributed by atoms with Crippen LogP contribution in [-0.4, -0.2) is 32.3 Å². The minimum atomic E-state index is -0.498. The van der Waals surface area contributed by atoms with Crippen molar-refractivity contribution in [2.75, 3.05) is 6.54 Å². The van der Waals surface area contributed by atoms with E-state index < -0.39 is 4.92 Å². The van der Waals surface area contributed by atoms with E-state index in [1.165, 1.54) is 24.4 Å². The molecule has 1 N–H and O–H groups in total. The molecule has 1 aromatic carbocycles. The van der Waals surface area contributed by atoms with Gasteiger partial charge in [-0.1, -0.05) is 0 Å². The Balaban J connectivity index is 1.81. The van der Waals surface area contributed by atoms with Crippen molar-refractivity contribution in [2.45, 2.75) is 19.4 Å². The number of hydrogen-bond donors (Lipinski definition) is 1. The number of phenols is 1. The van der Waals surface area contributed by atoms with Gasteiger partial charge in [0.15, 0.2) is 0 Å². The van der Waals surface area contributed by atoms with Crippen LogP contribution in [0.25, 0.3) is 0 Å². The van der Waals surface area contributed by atoms with Crippen LogP contribution in [0.5, 0.6) is 5.75 Å². The highest BCUT2D eigenvalue weighted by Crippen LogP contribution is 2.21. The molecule has 110 valence electrons.